The molecule has 0 radical (unpaired) electrons. The van der Waals surface area contributed by atoms with Crippen molar-refractivity contribution in [3.63, 3.8) is 0 Å². The van der Waals surface area contributed by atoms with E-state index >= 15 is 0 Å². The molecule has 0 bridgehead atoms. The molecule has 15 heavy (non-hydrogen) atoms. The third-order valence-corrected chi connectivity index (χ3v) is 1.54. The molecule has 0 saturated carbocycles. The maximum Gasteiger partial charge on any atom is 0.573 e. The number of nitrogens with two attached hydrogens (primary N) is 1. The highest BCUT2D eigenvalue weighted by molar-refractivity contribution is 5.31. The van der Waals surface area contributed by atoms with E-state index in [4.69, 9.17) is 9.85 Å². The molecule has 0 aliphatic rings. The van der Waals surface area contributed by atoms with E-state index in [0.29, 0.717) is 12.1 Å². The smallest absolute Gasteiger partial charge is 0.406 e. The van der Waals surface area contributed by atoms with E-state index in [9.17, 15) is 17.6 Å². The minimum atomic E-state index is -4.95. The van der Waals surface area contributed by atoms with Gasteiger partial charge in [-0.1, -0.05) is 0 Å². The van der Waals surface area contributed by atoms with Gasteiger partial charge >= 0.3 is 6.36 Å². The van der Waals surface area contributed by atoms with E-state index in [-0.39, 0.29) is 0 Å². The van der Waals surface area contributed by atoms with Gasteiger partial charge in [-0.25, -0.2) is 4.39 Å². The van der Waals surface area contributed by atoms with E-state index in [0.717, 1.165) is 6.07 Å². The van der Waals surface area contributed by atoms with Gasteiger partial charge in [-0.2, -0.15) is 0 Å². The Balaban J connectivity index is 3.09. The van der Waals surface area contributed by atoms with Gasteiger partial charge in [-0.3, -0.25) is 0 Å². The van der Waals surface area contributed by atoms with Crippen LogP contribution in [0.2, 0.25) is 0 Å². The molecule has 0 amide bonds. The normalized spacial score (nSPS) is 17.5. The van der Waals surface area contributed by atoms with Crippen LogP contribution in [0.4, 0.5) is 17.6 Å². The summed E-state index contributed by atoms with van der Waals surface area (Å²) < 4.78 is 73.7. The highest BCUT2D eigenvalue weighted by atomic mass is 19.4. The Kier molecular flexibility index (Phi) is 2.14. The second kappa shape index (κ2) is 4.06. The number of hydrogen-bond acceptors (Lipinski definition) is 2. The summed E-state index contributed by atoms with van der Waals surface area (Å²) in [5.41, 5.74) is 4.71. The molecule has 1 aromatic rings. The van der Waals surface area contributed by atoms with Gasteiger partial charge in [0.2, 0.25) is 0 Å². The van der Waals surface area contributed by atoms with E-state index in [1.54, 1.807) is 0 Å². The average molecular weight is 226 g/mol. The second-order valence-electron chi connectivity index (χ2n) is 2.71. The number of alkyl halides is 3. The summed E-state index contributed by atoms with van der Waals surface area (Å²) in [5, 5.41) is 0. The van der Waals surface area contributed by atoms with Crippen molar-refractivity contribution in [1.82, 2.24) is 0 Å². The zero-order valence-electron chi connectivity index (χ0n) is 10.3. The summed E-state index contributed by atoms with van der Waals surface area (Å²) in [5.74, 6) is -1.73. The highest BCUT2D eigenvalue weighted by Gasteiger charge is 2.31. The van der Waals surface area contributed by atoms with Crippen LogP contribution in [0.1, 0.15) is 22.6 Å². The minimum Gasteiger partial charge on any atom is -0.406 e. The van der Waals surface area contributed by atoms with Gasteiger partial charge in [-0.15, -0.1) is 13.2 Å². The third kappa shape index (κ3) is 3.39. The van der Waals surface area contributed by atoms with Crippen LogP contribution in [0.25, 0.3) is 0 Å². The fraction of sp³-hybridized carbons (Fsp3) is 0.333. The first-order valence-electron chi connectivity index (χ1n) is 5.31. The summed E-state index contributed by atoms with van der Waals surface area (Å²) in [6.45, 7) is -2.72. The lowest BCUT2D eigenvalue weighted by molar-refractivity contribution is -0.274. The number of ether oxygens (including phenoxy) is 1. The molecule has 0 saturated heterocycles. The summed E-state index contributed by atoms with van der Waals surface area (Å²) >= 11 is 0. The van der Waals surface area contributed by atoms with Crippen molar-refractivity contribution in [1.29, 1.82) is 0 Å². The molecule has 0 aliphatic carbocycles. The zero-order valence-corrected chi connectivity index (χ0v) is 7.31. The maximum absolute atomic E-state index is 13.3. The molecule has 0 fully saturated rings. The Morgan fingerprint density at radius 3 is 2.67 bits per heavy atom. The summed E-state index contributed by atoms with van der Waals surface area (Å²) in [4.78, 5) is 0. The van der Waals surface area contributed by atoms with E-state index in [2.05, 4.69) is 4.74 Å². The Hall–Kier alpha value is -1.30. The number of hydrogen-bond donors (Lipinski definition) is 1. The van der Waals surface area contributed by atoms with E-state index in [1.807, 2.05) is 0 Å². The van der Waals surface area contributed by atoms with Gasteiger partial charge in [0.1, 0.15) is 11.6 Å². The third-order valence-electron chi connectivity index (χ3n) is 1.54. The highest BCUT2D eigenvalue weighted by Crippen LogP contribution is 2.26. The minimum absolute atomic E-state index is 0.559. The SMILES string of the molecule is [2H]C([2H])([2H])[C@@H](N)c1cc(OC(F)(F)F)ccc1F. The molecular formula is C9H9F4NO. The van der Waals surface area contributed by atoms with Crippen LogP contribution in [0, 0.1) is 5.82 Å². The van der Waals surface area contributed by atoms with Crippen LogP contribution >= 0.6 is 0 Å². The monoisotopic (exact) mass is 226 g/mol. The fourth-order valence-electron chi connectivity index (χ4n) is 0.957. The molecule has 1 aromatic carbocycles. The number of rotatable bonds is 2. The molecule has 0 spiro atoms. The molecular weight excluding hydrogens is 214 g/mol. The molecule has 0 heterocycles. The summed E-state index contributed by atoms with van der Waals surface area (Å²) in [6, 6.07) is 0.301. The summed E-state index contributed by atoms with van der Waals surface area (Å²) in [7, 11) is 0. The second-order valence-corrected chi connectivity index (χ2v) is 2.71. The van der Waals surface area contributed by atoms with Crippen LogP contribution in [0.15, 0.2) is 18.2 Å². The van der Waals surface area contributed by atoms with Gasteiger partial charge in [0.05, 0.1) is 0 Å². The standard InChI is InChI=1S/C9H9F4NO/c1-5(14)7-4-6(2-3-8(7)10)15-9(11,12)13/h2-5H,14H2,1H3/t5-/m1/s1/i1D3. The predicted octanol–water partition coefficient (Wildman–Crippen LogP) is 2.74. The number of halogens is 4. The Morgan fingerprint density at radius 1 is 1.47 bits per heavy atom. The molecule has 0 unspecified atom stereocenters. The lowest BCUT2D eigenvalue weighted by Gasteiger charge is -2.12. The average Bonchev–Trinajstić information content (AvgIpc) is 2.16. The molecule has 0 aromatic heterocycles. The lowest BCUT2D eigenvalue weighted by atomic mass is 10.1. The largest absolute Gasteiger partial charge is 0.573 e. The molecule has 1 rings (SSSR count). The number of benzene rings is 1. The quantitative estimate of drug-likeness (QED) is 0.787. The molecule has 84 valence electrons. The van der Waals surface area contributed by atoms with Gasteiger partial charge in [0, 0.05) is 15.7 Å². The van der Waals surface area contributed by atoms with E-state index < -0.39 is 36.4 Å². The molecule has 6 heteroatoms. The van der Waals surface area contributed by atoms with Crippen LogP contribution in [-0.4, -0.2) is 6.36 Å². The Morgan fingerprint density at radius 2 is 2.13 bits per heavy atom. The van der Waals surface area contributed by atoms with Gasteiger partial charge in [0.25, 0.3) is 0 Å². The van der Waals surface area contributed by atoms with Gasteiger partial charge < -0.3 is 10.5 Å². The van der Waals surface area contributed by atoms with Crippen LogP contribution in [0.5, 0.6) is 5.75 Å². The van der Waals surface area contributed by atoms with Crippen molar-refractivity contribution in [2.24, 2.45) is 5.73 Å². The van der Waals surface area contributed by atoms with Gasteiger partial charge in [-0.05, 0) is 25.1 Å². The Labute approximate surface area is 87.9 Å². The molecule has 1 atom stereocenters. The van der Waals surface area contributed by atoms with Crippen molar-refractivity contribution in [2.75, 3.05) is 0 Å². The lowest BCUT2D eigenvalue weighted by Crippen LogP contribution is -2.17. The first-order chi connectivity index (χ1) is 8.00. The Bertz CT molecular complexity index is 433. The topological polar surface area (TPSA) is 35.2 Å². The van der Waals surface area contributed by atoms with E-state index in [1.165, 1.54) is 0 Å². The molecule has 0 aliphatic heterocycles. The van der Waals surface area contributed by atoms with Crippen molar-refractivity contribution in [3.05, 3.63) is 29.6 Å². The fourth-order valence-corrected chi connectivity index (χ4v) is 0.957. The zero-order chi connectivity index (χ0) is 14.1. The first-order valence-corrected chi connectivity index (χ1v) is 3.81. The first kappa shape index (κ1) is 7.92. The van der Waals surface area contributed by atoms with Crippen LogP contribution in [0.3, 0.4) is 0 Å². The van der Waals surface area contributed by atoms with Crippen LogP contribution < -0.4 is 10.5 Å². The van der Waals surface area contributed by atoms with Gasteiger partial charge in [0.15, 0.2) is 0 Å². The van der Waals surface area contributed by atoms with Crippen molar-refractivity contribution in [2.45, 2.75) is 19.3 Å². The van der Waals surface area contributed by atoms with Crippen molar-refractivity contribution < 1.29 is 26.4 Å². The summed E-state index contributed by atoms with van der Waals surface area (Å²) in [6.07, 6.45) is -4.95. The predicted molar refractivity (Wildman–Crippen MR) is 45.7 cm³/mol. The van der Waals surface area contributed by atoms with Crippen LogP contribution in [-0.2, 0) is 0 Å². The molecule has 2 nitrogen and oxygen atoms in total. The maximum atomic E-state index is 13.3. The molecule has 2 N–H and O–H groups in total. The van der Waals surface area contributed by atoms with Crippen molar-refractivity contribution in [3.8, 4) is 5.75 Å². The van der Waals surface area contributed by atoms with Crippen molar-refractivity contribution >= 4 is 0 Å².